The molecule has 2 heterocycles. The Hall–Kier alpha value is -3.05. The molecule has 130 valence electrons. The third-order valence-electron chi connectivity index (χ3n) is 4.12. The SMILES string of the molecule is COc1cccc(-c2nc3ncccn3c2NCc2ccc(Cl)cc2)c1. The minimum Gasteiger partial charge on any atom is -0.497 e. The number of imidazole rings is 1. The first-order chi connectivity index (χ1) is 12.7. The lowest BCUT2D eigenvalue weighted by Crippen LogP contribution is -2.03. The second-order valence-electron chi connectivity index (χ2n) is 5.81. The van der Waals surface area contributed by atoms with Crippen molar-refractivity contribution in [2.24, 2.45) is 0 Å². The van der Waals surface area contributed by atoms with Gasteiger partial charge in [-0.25, -0.2) is 9.97 Å². The molecule has 0 unspecified atom stereocenters. The molecular formula is C20H17ClN4O. The number of methoxy groups -OCH3 is 1. The molecule has 5 nitrogen and oxygen atoms in total. The van der Waals surface area contributed by atoms with E-state index in [1.807, 2.05) is 65.2 Å². The van der Waals surface area contributed by atoms with Crippen LogP contribution in [-0.2, 0) is 6.54 Å². The van der Waals surface area contributed by atoms with E-state index in [2.05, 4.69) is 10.3 Å². The van der Waals surface area contributed by atoms with Crippen LogP contribution in [0.2, 0.25) is 5.02 Å². The Bertz CT molecular complexity index is 1040. The van der Waals surface area contributed by atoms with Gasteiger partial charge < -0.3 is 10.1 Å². The Labute approximate surface area is 156 Å². The number of halogens is 1. The summed E-state index contributed by atoms with van der Waals surface area (Å²) in [6, 6.07) is 17.5. The number of anilines is 1. The lowest BCUT2D eigenvalue weighted by molar-refractivity contribution is 0.415. The van der Waals surface area contributed by atoms with Crippen LogP contribution in [0.1, 0.15) is 5.56 Å². The Morgan fingerprint density at radius 1 is 1.12 bits per heavy atom. The van der Waals surface area contributed by atoms with Crippen molar-refractivity contribution >= 4 is 23.2 Å². The molecular weight excluding hydrogens is 348 g/mol. The highest BCUT2D eigenvalue weighted by atomic mass is 35.5. The molecule has 0 amide bonds. The Morgan fingerprint density at radius 3 is 2.77 bits per heavy atom. The number of benzene rings is 2. The van der Waals surface area contributed by atoms with Crippen molar-refractivity contribution in [3.8, 4) is 17.0 Å². The van der Waals surface area contributed by atoms with E-state index < -0.39 is 0 Å². The van der Waals surface area contributed by atoms with E-state index in [1.54, 1.807) is 13.3 Å². The van der Waals surface area contributed by atoms with E-state index in [1.165, 1.54) is 0 Å². The summed E-state index contributed by atoms with van der Waals surface area (Å²) in [6.07, 6.45) is 3.68. The summed E-state index contributed by atoms with van der Waals surface area (Å²) in [7, 11) is 1.66. The van der Waals surface area contributed by atoms with Gasteiger partial charge in [0.25, 0.3) is 0 Å². The topological polar surface area (TPSA) is 51.5 Å². The molecule has 0 aliphatic carbocycles. The van der Waals surface area contributed by atoms with Gasteiger partial charge in [-0.3, -0.25) is 4.40 Å². The Kier molecular flexibility index (Phi) is 4.46. The highest BCUT2D eigenvalue weighted by Gasteiger charge is 2.15. The Balaban J connectivity index is 1.75. The number of fused-ring (bicyclic) bond motifs is 1. The molecule has 2 aromatic heterocycles. The zero-order valence-corrected chi connectivity index (χ0v) is 14.9. The van der Waals surface area contributed by atoms with Crippen molar-refractivity contribution in [3.05, 3.63) is 77.6 Å². The van der Waals surface area contributed by atoms with Gasteiger partial charge in [0.2, 0.25) is 5.78 Å². The normalized spacial score (nSPS) is 10.8. The molecule has 0 fully saturated rings. The number of nitrogens with zero attached hydrogens (tertiary/aromatic N) is 3. The van der Waals surface area contributed by atoms with Crippen molar-refractivity contribution in [3.63, 3.8) is 0 Å². The van der Waals surface area contributed by atoms with Crippen LogP contribution in [-0.4, -0.2) is 21.5 Å². The molecule has 2 aromatic carbocycles. The quantitative estimate of drug-likeness (QED) is 0.559. The third-order valence-corrected chi connectivity index (χ3v) is 4.37. The maximum Gasteiger partial charge on any atom is 0.235 e. The second-order valence-corrected chi connectivity index (χ2v) is 6.25. The smallest absolute Gasteiger partial charge is 0.235 e. The van der Waals surface area contributed by atoms with Gasteiger partial charge in [-0.15, -0.1) is 0 Å². The summed E-state index contributed by atoms with van der Waals surface area (Å²) in [4.78, 5) is 9.06. The fourth-order valence-corrected chi connectivity index (χ4v) is 2.94. The Morgan fingerprint density at radius 2 is 1.96 bits per heavy atom. The molecule has 6 heteroatoms. The van der Waals surface area contributed by atoms with E-state index in [4.69, 9.17) is 21.3 Å². The van der Waals surface area contributed by atoms with Gasteiger partial charge in [-0.2, -0.15) is 0 Å². The molecule has 0 aliphatic heterocycles. The summed E-state index contributed by atoms with van der Waals surface area (Å²) in [5.41, 5.74) is 2.93. The fraction of sp³-hybridized carbons (Fsp3) is 0.100. The summed E-state index contributed by atoms with van der Waals surface area (Å²) >= 11 is 5.97. The average Bonchev–Trinajstić information content (AvgIpc) is 3.06. The summed E-state index contributed by atoms with van der Waals surface area (Å²) in [6.45, 7) is 0.650. The summed E-state index contributed by atoms with van der Waals surface area (Å²) < 4.78 is 7.30. The van der Waals surface area contributed by atoms with E-state index in [9.17, 15) is 0 Å². The first-order valence-electron chi connectivity index (χ1n) is 8.20. The molecule has 26 heavy (non-hydrogen) atoms. The van der Waals surface area contributed by atoms with Gasteiger partial charge in [0.1, 0.15) is 17.3 Å². The standard InChI is InChI=1S/C20H17ClN4O/c1-26-17-5-2-4-15(12-17)18-19(25-11-3-10-22-20(25)24-18)23-13-14-6-8-16(21)9-7-14/h2-12,23H,13H2,1H3. The molecule has 4 aromatic rings. The number of aromatic nitrogens is 3. The largest absolute Gasteiger partial charge is 0.497 e. The molecule has 4 rings (SSSR count). The predicted molar refractivity (Wildman–Crippen MR) is 104 cm³/mol. The van der Waals surface area contributed by atoms with E-state index in [0.717, 1.165) is 33.4 Å². The number of nitrogens with one attached hydrogen (secondary N) is 1. The molecule has 1 N–H and O–H groups in total. The third kappa shape index (κ3) is 3.21. The molecule has 0 saturated carbocycles. The summed E-state index contributed by atoms with van der Waals surface area (Å²) in [5, 5.41) is 4.21. The lowest BCUT2D eigenvalue weighted by Gasteiger charge is -2.09. The highest BCUT2D eigenvalue weighted by molar-refractivity contribution is 6.30. The van der Waals surface area contributed by atoms with E-state index in [0.29, 0.717) is 12.3 Å². The van der Waals surface area contributed by atoms with Crippen molar-refractivity contribution < 1.29 is 4.74 Å². The second kappa shape index (κ2) is 7.06. The van der Waals surface area contributed by atoms with Crippen LogP contribution in [0.5, 0.6) is 5.75 Å². The van der Waals surface area contributed by atoms with Gasteiger partial charge in [-0.05, 0) is 35.9 Å². The van der Waals surface area contributed by atoms with Crippen molar-refractivity contribution in [1.82, 2.24) is 14.4 Å². The van der Waals surface area contributed by atoms with Crippen LogP contribution in [0, 0.1) is 0 Å². The lowest BCUT2D eigenvalue weighted by atomic mass is 10.1. The zero-order chi connectivity index (χ0) is 17.9. The minimum atomic E-state index is 0.643. The van der Waals surface area contributed by atoms with Crippen LogP contribution in [0.4, 0.5) is 5.82 Å². The zero-order valence-electron chi connectivity index (χ0n) is 14.2. The maximum absolute atomic E-state index is 5.97. The first kappa shape index (κ1) is 16.4. The molecule has 0 saturated heterocycles. The van der Waals surface area contributed by atoms with Crippen LogP contribution in [0.15, 0.2) is 67.0 Å². The van der Waals surface area contributed by atoms with Gasteiger partial charge in [0.05, 0.1) is 7.11 Å². The molecule has 0 atom stereocenters. The van der Waals surface area contributed by atoms with Gasteiger partial charge in [0.15, 0.2) is 0 Å². The van der Waals surface area contributed by atoms with Crippen LogP contribution in [0.3, 0.4) is 0 Å². The minimum absolute atomic E-state index is 0.643. The monoisotopic (exact) mass is 364 g/mol. The number of rotatable bonds is 5. The van der Waals surface area contributed by atoms with E-state index in [-0.39, 0.29) is 0 Å². The van der Waals surface area contributed by atoms with Crippen molar-refractivity contribution in [1.29, 1.82) is 0 Å². The molecule has 0 aliphatic rings. The molecule has 0 spiro atoms. The summed E-state index contributed by atoms with van der Waals surface area (Å²) in [5.74, 6) is 2.32. The van der Waals surface area contributed by atoms with Crippen LogP contribution in [0.25, 0.3) is 17.0 Å². The van der Waals surface area contributed by atoms with Gasteiger partial charge in [0, 0.05) is 29.5 Å². The van der Waals surface area contributed by atoms with Crippen molar-refractivity contribution in [2.45, 2.75) is 6.54 Å². The first-order valence-corrected chi connectivity index (χ1v) is 8.58. The van der Waals surface area contributed by atoms with Crippen LogP contribution >= 0.6 is 11.6 Å². The number of hydrogen-bond donors (Lipinski definition) is 1. The highest BCUT2D eigenvalue weighted by Crippen LogP contribution is 2.30. The number of hydrogen-bond acceptors (Lipinski definition) is 4. The molecule has 0 radical (unpaired) electrons. The van der Waals surface area contributed by atoms with Gasteiger partial charge >= 0.3 is 0 Å². The van der Waals surface area contributed by atoms with Crippen molar-refractivity contribution in [2.75, 3.05) is 12.4 Å². The average molecular weight is 365 g/mol. The van der Waals surface area contributed by atoms with E-state index >= 15 is 0 Å². The number of ether oxygens (including phenoxy) is 1. The molecule has 0 bridgehead atoms. The maximum atomic E-state index is 5.97. The predicted octanol–water partition coefficient (Wildman–Crippen LogP) is 4.67. The van der Waals surface area contributed by atoms with Gasteiger partial charge in [-0.1, -0.05) is 35.9 Å². The fourth-order valence-electron chi connectivity index (χ4n) is 2.82. The van der Waals surface area contributed by atoms with Crippen LogP contribution < -0.4 is 10.1 Å².